The molecular weight excluding hydrogens is 356 g/mol. The molecule has 1 aliphatic rings. The van der Waals surface area contributed by atoms with Crippen molar-refractivity contribution >= 4 is 34.2 Å². The molecule has 3 N–H and O–H groups in total. The monoisotopic (exact) mass is 376 g/mol. The van der Waals surface area contributed by atoms with Crippen LogP contribution in [0.25, 0.3) is 0 Å². The third kappa shape index (κ3) is 4.95. The Labute approximate surface area is 140 Å². The molecule has 1 aromatic rings. The lowest BCUT2D eigenvalue weighted by Gasteiger charge is -2.38. The Balaban J connectivity index is 0.00000220. The topological polar surface area (TPSA) is 64.4 Å². The number of benzene rings is 1. The average Bonchev–Trinajstić information content (AvgIpc) is 2.46. The summed E-state index contributed by atoms with van der Waals surface area (Å²) in [6.07, 6.45) is 2.23. The molecule has 2 rings (SSSR count). The third-order valence-electron chi connectivity index (χ3n) is 3.88. The number of nitrogens with one attached hydrogen (secondary N) is 1. The highest BCUT2D eigenvalue weighted by molar-refractivity contribution is 9.10. The van der Waals surface area contributed by atoms with Crippen molar-refractivity contribution in [2.75, 3.05) is 26.3 Å². The zero-order valence-corrected chi connectivity index (χ0v) is 14.3. The molecule has 0 radical (unpaired) electrons. The molecule has 21 heavy (non-hydrogen) atoms. The molecule has 0 spiro atoms. The molecule has 0 aromatic heterocycles. The summed E-state index contributed by atoms with van der Waals surface area (Å²) in [6.45, 7) is 2.50. The number of carbonyl (C=O) groups is 1. The van der Waals surface area contributed by atoms with Gasteiger partial charge < -0.3 is 15.8 Å². The molecule has 1 amide bonds. The minimum atomic E-state index is -0.0354. The fourth-order valence-electron chi connectivity index (χ4n) is 2.64. The Hall–Kier alpha value is -0.620. The summed E-state index contributed by atoms with van der Waals surface area (Å²) in [5.74, 6) is 0.0216. The second kappa shape index (κ2) is 8.73. The van der Waals surface area contributed by atoms with Crippen LogP contribution in [0.4, 0.5) is 0 Å². The van der Waals surface area contributed by atoms with Crippen molar-refractivity contribution in [3.8, 4) is 0 Å². The quantitative estimate of drug-likeness (QED) is 0.828. The van der Waals surface area contributed by atoms with Gasteiger partial charge in [-0.15, -0.1) is 12.4 Å². The highest BCUT2D eigenvalue weighted by Crippen LogP contribution is 2.35. The molecule has 0 bridgehead atoms. The van der Waals surface area contributed by atoms with E-state index < -0.39 is 0 Å². The summed E-state index contributed by atoms with van der Waals surface area (Å²) in [6, 6.07) is 8.33. The zero-order chi connectivity index (χ0) is 14.4. The van der Waals surface area contributed by atoms with Gasteiger partial charge in [0.25, 0.3) is 0 Å². The first-order valence-electron chi connectivity index (χ1n) is 6.97. The Morgan fingerprint density at radius 3 is 2.71 bits per heavy atom. The van der Waals surface area contributed by atoms with E-state index in [1.165, 1.54) is 5.56 Å². The summed E-state index contributed by atoms with van der Waals surface area (Å²) in [5, 5.41) is 3.02. The fourth-order valence-corrected chi connectivity index (χ4v) is 3.03. The fraction of sp³-hybridized carbons (Fsp3) is 0.533. The molecule has 118 valence electrons. The maximum absolute atomic E-state index is 11.7. The standard InChI is InChI=1S/C15H21BrN2O2.ClH/c16-13-3-1-2-12(10-13)15(5-8-20-9-6-15)11-18-14(19)4-7-17;/h1-3,10H,4-9,11,17H2,(H,18,19);1H. The van der Waals surface area contributed by atoms with Crippen LogP contribution in [0, 0.1) is 0 Å². The van der Waals surface area contributed by atoms with E-state index in [0.29, 0.717) is 19.5 Å². The average molecular weight is 378 g/mol. The Bertz CT molecular complexity index is 465. The molecule has 0 unspecified atom stereocenters. The molecule has 1 aliphatic heterocycles. The number of hydrogen-bond acceptors (Lipinski definition) is 3. The predicted octanol–water partition coefficient (Wildman–Crippen LogP) is 2.38. The van der Waals surface area contributed by atoms with E-state index in [1.807, 2.05) is 12.1 Å². The first kappa shape index (κ1) is 18.4. The molecule has 1 aromatic carbocycles. The van der Waals surface area contributed by atoms with Gasteiger partial charge in [-0.05, 0) is 30.5 Å². The SMILES string of the molecule is Cl.NCCC(=O)NCC1(c2cccc(Br)c2)CCOCC1. The van der Waals surface area contributed by atoms with Crippen LogP contribution in [0.3, 0.4) is 0 Å². The molecule has 0 aliphatic carbocycles. The smallest absolute Gasteiger partial charge is 0.221 e. The first-order valence-corrected chi connectivity index (χ1v) is 7.76. The number of hydrogen-bond donors (Lipinski definition) is 2. The summed E-state index contributed by atoms with van der Waals surface area (Å²) in [5.41, 5.74) is 6.63. The second-order valence-corrected chi connectivity index (χ2v) is 6.13. The van der Waals surface area contributed by atoms with Gasteiger partial charge in [-0.25, -0.2) is 0 Å². The lowest BCUT2D eigenvalue weighted by Crippen LogP contribution is -2.44. The highest BCUT2D eigenvalue weighted by atomic mass is 79.9. The summed E-state index contributed by atoms with van der Waals surface area (Å²) >= 11 is 3.52. The van der Waals surface area contributed by atoms with E-state index in [0.717, 1.165) is 30.5 Å². The van der Waals surface area contributed by atoms with Crippen LogP contribution >= 0.6 is 28.3 Å². The number of carbonyl (C=O) groups excluding carboxylic acids is 1. The molecule has 1 heterocycles. The molecular formula is C15H22BrClN2O2. The van der Waals surface area contributed by atoms with Crippen molar-refractivity contribution < 1.29 is 9.53 Å². The van der Waals surface area contributed by atoms with E-state index in [1.54, 1.807) is 0 Å². The second-order valence-electron chi connectivity index (χ2n) is 5.22. The molecule has 1 fully saturated rings. The molecule has 0 atom stereocenters. The van der Waals surface area contributed by atoms with Gasteiger partial charge in [-0.3, -0.25) is 4.79 Å². The Morgan fingerprint density at radius 2 is 2.10 bits per heavy atom. The van der Waals surface area contributed by atoms with Gasteiger partial charge in [0.2, 0.25) is 5.91 Å². The van der Waals surface area contributed by atoms with Gasteiger partial charge in [0.1, 0.15) is 0 Å². The largest absolute Gasteiger partial charge is 0.381 e. The number of rotatable bonds is 5. The van der Waals surface area contributed by atoms with Crippen molar-refractivity contribution in [1.82, 2.24) is 5.32 Å². The van der Waals surface area contributed by atoms with Gasteiger partial charge >= 0.3 is 0 Å². The molecule has 4 nitrogen and oxygen atoms in total. The Kier molecular flexibility index (Phi) is 7.66. The molecule has 6 heteroatoms. The maximum Gasteiger partial charge on any atom is 0.221 e. The molecule has 0 saturated carbocycles. The van der Waals surface area contributed by atoms with E-state index in [-0.39, 0.29) is 23.7 Å². The van der Waals surface area contributed by atoms with Crippen LogP contribution in [-0.4, -0.2) is 32.2 Å². The van der Waals surface area contributed by atoms with Gasteiger partial charge in [0.05, 0.1) is 0 Å². The van der Waals surface area contributed by atoms with E-state index in [4.69, 9.17) is 10.5 Å². The maximum atomic E-state index is 11.7. The first-order chi connectivity index (χ1) is 9.66. The van der Waals surface area contributed by atoms with E-state index in [2.05, 4.69) is 33.4 Å². The number of ether oxygens (including phenoxy) is 1. The van der Waals surface area contributed by atoms with Gasteiger partial charge in [0, 0.05) is 42.6 Å². The van der Waals surface area contributed by atoms with Crippen molar-refractivity contribution in [3.05, 3.63) is 34.3 Å². The predicted molar refractivity (Wildman–Crippen MR) is 89.8 cm³/mol. The number of amides is 1. The Morgan fingerprint density at radius 1 is 1.38 bits per heavy atom. The van der Waals surface area contributed by atoms with Gasteiger partial charge in [-0.2, -0.15) is 0 Å². The van der Waals surface area contributed by atoms with Crippen LogP contribution in [-0.2, 0) is 14.9 Å². The summed E-state index contributed by atoms with van der Waals surface area (Å²) in [4.78, 5) is 11.7. The van der Waals surface area contributed by atoms with E-state index >= 15 is 0 Å². The zero-order valence-electron chi connectivity index (χ0n) is 11.9. The lowest BCUT2D eigenvalue weighted by atomic mass is 9.74. The van der Waals surface area contributed by atoms with Gasteiger partial charge in [-0.1, -0.05) is 28.1 Å². The minimum Gasteiger partial charge on any atom is -0.381 e. The summed E-state index contributed by atoms with van der Waals surface area (Å²) in [7, 11) is 0. The van der Waals surface area contributed by atoms with Crippen molar-refractivity contribution in [1.29, 1.82) is 0 Å². The van der Waals surface area contributed by atoms with Crippen LogP contribution in [0.15, 0.2) is 28.7 Å². The van der Waals surface area contributed by atoms with Crippen LogP contribution < -0.4 is 11.1 Å². The number of nitrogens with two attached hydrogens (primary N) is 1. The van der Waals surface area contributed by atoms with Crippen molar-refractivity contribution in [3.63, 3.8) is 0 Å². The molecule has 1 saturated heterocycles. The summed E-state index contributed by atoms with van der Waals surface area (Å²) < 4.78 is 6.55. The lowest BCUT2D eigenvalue weighted by molar-refractivity contribution is -0.121. The van der Waals surface area contributed by atoms with Crippen molar-refractivity contribution in [2.45, 2.75) is 24.7 Å². The minimum absolute atomic E-state index is 0. The van der Waals surface area contributed by atoms with Gasteiger partial charge in [0.15, 0.2) is 0 Å². The third-order valence-corrected chi connectivity index (χ3v) is 4.38. The van der Waals surface area contributed by atoms with Crippen LogP contribution in [0.5, 0.6) is 0 Å². The highest BCUT2D eigenvalue weighted by Gasteiger charge is 2.34. The van der Waals surface area contributed by atoms with Crippen LogP contribution in [0.2, 0.25) is 0 Å². The normalized spacial score (nSPS) is 16.9. The van der Waals surface area contributed by atoms with Crippen LogP contribution in [0.1, 0.15) is 24.8 Å². The van der Waals surface area contributed by atoms with E-state index in [9.17, 15) is 4.79 Å². The number of halogens is 2. The van der Waals surface area contributed by atoms with Crippen molar-refractivity contribution in [2.24, 2.45) is 5.73 Å².